The second-order valence-electron chi connectivity index (χ2n) is 9.20. The van der Waals surface area contributed by atoms with Crippen LogP contribution < -0.4 is 0 Å². The van der Waals surface area contributed by atoms with Gasteiger partial charge in [0.2, 0.25) is 0 Å². The molecule has 1 heteroatoms. The molecule has 0 bridgehead atoms. The summed E-state index contributed by atoms with van der Waals surface area (Å²) in [5.74, 6) is 13.2. The third-order valence-electron chi connectivity index (χ3n) is 6.30. The fourth-order valence-corrected chi connectivity index (χ4v) is 4.08. The summed E-state index contributed by atoms with van der Waals surface area (Å²) in [5.41, 5.74) is 8.81. The molecule has 180 valence electrons. The number of nitrogens with zero attached hydrogens (tertiary/aromatic N) is 1. The maximum absolute atomic E-state index is 7.06. The number of hydrogen-bond acceptors (Lipinski definition) is 0. The molecule has 0 aliphatic carbocycles. The lowest BCUT2D eigenvalue weighted by atomic mass is 10.0. The second kappa shape index (κ2) is 13.5. The zero-order chi connectivity index (χ0) is 25.7. The van der Waals surface area contributed by atoms with Crippen molar-refractivity contribution in [3.05, 3.63) is 125 Å². The molecule has 0 N–H and O–H groups in total. The van der Waals surface area contributed by atoms with Gasteiger partial charge in [0.05, 0.1) is 6.57 Å². The maximum atomic E-state index is 7.06. The van der Waals surface area contributed by atoms with Gasteiger partial charge in [-0.05, 0) is 66.3 Å². The number of rotatable bonds is 7. The molecule has 0 radical (unpaired) electrons. The molecule has 37 heavy (non-hydrogen) atoms. The quantitative estimate of drug-likeness (QED) is 0.142. The summed E-state index contributed by atoms with van der Waals surface area (Å²) in [5, 5.41) is 0. The van der Waals surface area contributed by atoms with Crippen LogP contribution in [0.3, 0.4) is 0 Å². The molecule has 0 spiro atoms. The molecule has 4 aromatic carbocycles. The van der Waals surface area contributed by atoms with Gasteiger partial charge < -0.3 is 0 Å². The highest BCUT2D eigenvalue weighted by atomic mass is 14.6. The van der Waals surface area contributed by atoms with Gasteiger partial charge in [-0.2, -0.15) is 0 Å². The molecule has 0 fully saturated rings. The Hall–Kier alpha value is -4.51. The highest BCUT2D eigenvalue weighted by Gasteiger charge is 1.99. The minimum Gasteiger partial charge on any atom is -0.238 e. The molecule has 0 heterocycles. The zero-order valence-electron chi connectivity index (χ0n) is 21.4. The first kappa shape index (κ1) is 25.6. The molecule has 0 atom stereocenters. The van der Waals surface area contributed by atoms with Crippen molar-refractivity contribution in [2.75, 3.05) is 0 Å². The van der Waals surface area contributed by atoms with E-state index in [1.54, 1.807) is 0 Å². The Labute approximate surface area is 222 Å². The lowest BCUT2D eigenvalue weighted by molar-refractivity contribution is 0.661. The number of hydrogen-bond donors (Lipinski definition) is 0. The van der Waals surface area contributed by atoms with Crippen LogP contribution in [0, 0.1) is 37.2 Å². The Bertz CT molecular complexity index is 1440. The molecule has 0 saturated heterocycles. The molecule has 0 aliphatic heterocycles. The predicted octanol–water partition coefficient (Wildman–Crippen LogP) is 9.62. The molecule has 0 saturated carbocycles. The standard InChI is InChI=1S/C36H31N/c1-29-13-19-32(20-14-29)33-21-15-30(16-22-33)11-9-7-5-3-4-6-8-10-12-31-17-23-34(24-18-31)35-25-27-36(37-2)28-26-35/h13-28H,3-8H2,1H3. The molecule has 0 aliphatic rings. The van der Waals surface area contributed by atoms with E-state index in [0.717, 1.165) is 47.9 Å². The fraction of sp³-hybridized carbons (Fsp3) is 0.194. The molecule has 0 aromatic heterocycles. The van der Waals surface area contributed by atoms with Crippen molar-refractivity contribution >= 4 is 5.69 Å². The van der Waals surface area contributed by atoms with Gasteiger partial charge in [-0.3, -0.25) is 0 Å². The van der Waals surface area contributed by atoms with Crippen LogP contribution >= 0.6 is 0 Å². The van der Waals surface area contributed by atoms with Gasteiger partial charge in [-0.1, -0.05) is 115 Å². The molecular weight excluding hydrogens is 446 g/mol. The van der Waals surface area contributed by atoms with Crippen LogP contribution in [0.15, 0.2) is 97.1 Å². The van der Waals surface area contributed by atoms with Crippen molar-refractivity contribution in [2.24, 2.45) is 0 Å². The summed E-state index contributed by atoms with van der Waals surface area (Å²) < 4.78 is 0. The molecule has 4 rings (SSSR count). The van der Waals surface area contributed by atoms with Crippen molar-refractivity contribution < 1.29 is 0 Å². The van der Waals surface area contributed by atoms with Gasteiger partial charge in [-0.25, -0.2) is 4.85 Å². The van der Waals surface area contributed by atoms with E-state index in [1.165, 1.54) is 29.5 Å². The minimum absolute atomic E-state index is 0.666. The lowest BCUT2D eigenvalue weighted by Crippen LogP contribution is -1.81. The number of benzene rings is 4. The zero-order valence-corrected chi connectivity index (χ0v) is 21.4. The van der Waals surface area contributed by atoms with E-state index < -0.39 is 0 Å². The van der Waals surface area contributed by atoms with Crippen LogP contribution in [-0.2, 0) is 0 Å². The lowest BCUT2D eigenvalue weighted by Gasteiger charge is -2.02. The maximum Gasteiger partial charge on any atom is 0.187 e. The number of aryl methyl sites for hydroxylation is 1. The van der Waals surface area contributed by atoms with Gasteiger partial charge in [0.15, 0.2) is 5.69 Å². The largest absolute Gasteiger partial charge is 0.238 e. The highest BCUT2D eigenvalue weighted by molar-refractivity contribution is 5.67. The van der Waals surface area contributed by atoms with Crippen LogP contribution in [0.5, 0.6) is 0 Å². The topological polar surface area (TPSA) is 4.36 Å². The summed E-state index contributed by atoms with van der Waals surface area (Å²) in [6.45, 7) is 9.17. The van der Waals surface area contributed by atoms with Crippen molar-refractivity contribution in [3.8, 4) is 45.9 Å². The van der Waals surface area contributed by atoms with Gasteiger partial charge in [-0.15, -0.1) is 0 Å². The monoisotopic (exact) mass is 477 g/mol. The molecule has 0 amide bonds. The third kappa shape index (κ3) is 8.00. The Morgan fingerprint density at radius 3 is 1.30 bits per heavy atom. The summed E-state index contributed by atoms with van der Waals surface area (Å²) in [7, 11) is 0. The van der Waals surface area contributed by atoms with Crippen LogP contribution in [0.1, 0.15) is 55.2 Å². The van der Waals surface area contributed by atoms with E-state index in [9.17, 15) is 0 Å². The normalized spacial score (nSPS) is 9.95. The van der Waals surface area contributed by atoms with Gasteiger partial charge in [0.1, 0.15) is 0 Å². The Morgan fingerprint density at radius 2 is 0.892 bits per heavy atom. The molecular formula is C36H31N. The van der Waals surface area contributed by atoms with Gasteiger partial charge in [0.25, 0.3) is 0 Å². The van der Waals surface area contributed by atoms with Crippen molar-refractivity contribution in [2.45, 2.75) is 45.4 Å². The summed E-state index contributed by atoms with van der Waals surface area (Å²) in [6, 6.07) is 33.2. The molecule has 4 aromatic rings. The smallest absolute Gasteiger partial charge is 0.187 e. The van der Waals surface area contributed by atoms with Gasteiger partial charge >= 0.3 is 0 Å². The summed E-state index contributed by atoms with van der Waals surface area (Å²) in [4.78, 5) is 3.44. The number of unbranched alkanes of at least 4 members (excludes halogenated alkanes) is 5. The average molecular weight is 478 g/mol. The van der Waals surface area contributed by atoms with Crippen molar-refractivity contribution in [1.82, 2.24) is 0 Å². The SMILES string of the molecule is [C-]#[N+]c1ccc(-c2ccc(C#CCCCCCCC#Cc3ccc(-c4ccc(C)cc4)cc3)cc2)cc1. The van der Waals surface area contributed by atoms with Gasteiger partial charge in [0, 0.05) is 24.0 Å². The van der Waals surface area contributed by atoms with E-state index in [2.05, 4.69) is 108 Å². The second-order valence-corrected chi connectivity index (χ2v) is 9.20. The van der Waals surface area contributed by atoms with Crippen LogP contribution in [0.2, 0.25) is 0 Å². The summed E-state index contributed by atoms with van der Waals surface area (Å²) >= 11 is 0. The van der Waals surface area contributed by atoms with E-state index >= 15 is 0 Å². The first-order chi connectivity index (χ1) is 18.2. The molecule has 1 nitrogen and oxygen atoms in total. The van der Waals surface area contributed by atoms with E-state index in [1.807, 2.05) is 24.3 Å². The van der Waals surface area contributed by atoms with Crippen LogP contribution in [-0.4, -0.2) is 0 Å². The Kier molecular flexibility index (Phi) is 9.36. The van der Waals surface area contributed by atoms with E-state index in [0.29, 0.717) is 5.69 Å². The van der Waals surface area contributed by atoms with Crippen LogP contribution in [0.4, 0.5) is 5.69 Å². The first-order valence-electron chi connectivity index (χ1n) is 12.9. The average Bonchev–Trinajstić information content (AvgIpc) is 2.95. The van der Waals surface area contributed by atoms with Crippen LogP contribution in [0.25, 0.3) is 27.1 Å². The summed E-state index contributed by atoms with van der Waals surface area (Å²) in [6.07, 6.45) is 6.54. The Balaban J connectivity index is 1.12. The third-order valence-corrected chi connectivity index (χ3v) is 6.30. The van der Waals surface area contributed by atoms with Crippen molar-refractivity contribution in [3.63, 3.8) is 0 Å². The first-order valence-corrected chi connectivity index (χ1v) is 12.9. The van der Waals surface area contributed by atoms with Crippen molar-refractivity contribution in [1.29, 1.82) is 0 Å². The van der Waals surface area contributed by atoms with E-state index in [-0.39, 0.29) is 0 Å². The van der Waals surface area contributed by atoms with E-state index in [4.69, 9.17) is 6.57 Å². The Morgan fingerprint density at radius 1 is 0.514 bits per heavy atom. The molecule has 0 unspecified atom stereocenters. The predicted molar refractivity (Wildman–Crippen MR) is 156 cm³/mol. The fourth-order valence-electron chi connectivity index (χ4n) is 4.08. The highest BCUT2D eigenvalue weighted by Crippen LogP contribution is 2.23. The minimum atomic E-state index is 0.666.